The average Bonchev–Trinajstić information content (AvgIpc) is 3.32. The van der Waals surface area contributed by atoms with Crippen LogP contribution in [0.5, 0.6) is 5.75 Å². The highest BCUT2D eigenvalue weighted by Crippen LogP contribution is 2.26. The van der Waals surface area contributed by atoms with Gasteiger partial charge in [0, 0.05) is 43.6 Å². The standard InChI is InChI=1S/C23H25N3O5S/c1-15-19-9-8-18(30-23(28)26-10-3-4-11-26)14-21(19)31-22(27)20(15)13-16-6-5-7-17(12-16)25-32(29)24-2/h5-9,12,14,24-25H,3-4,10-11,13H2,1-2H3. The number of nitrogens with zero attached hydrogens (tertiary/aromatic N) is 1. The van der Waals surface area contributed by atoms with Crippen LogP contribution in [0.1, 0.15) is 29.5 Å². The molecule has 3 aromatic rings. The van der Waals surface area contributed by atoms with Gasteiger partial charge in [0.25, 0.3) is 0 Å². The molecule has 4 rings (SSSR count). The first-order valence-corrected chi connectivity index (χ1v) is 11.6. The smallest absolute Gasteiger partial charge is 0.415 e. The number of benzene rings is 2. The summed E-state index contributed by atoms with van der Waals surface area (Å²) in [4.78, 5) is 26.7. The third-order valence-corrected chi connectivity index (χ3v) is 6.32. The summed E-state index contributed by atoms with van der Waals surface area (Å²) in [6.07, 6.45) is 1.95. The molecule has 0 aliphatic carbocycles. The van der Waals surface area contributed by atoms with E-state index in [1.54, 1.807) is 36.2 Å². The van der Waals surface area contributed by atoms with Crippen molar-refractivity contribution in [3.8, 4) is 5.75 Å². The van der Waals surface area contributed by atoms with E-state index in [1.807, 2.05) is 25.1 Å². The molecule has 2 N–H and O–H groups in total. The summed E-state index contributed by atoms with van der Waals surface area (Å²) in [5.74, 6) is 0.348. The Kier molecular flexibility index (Phi) is 6.69. The van der Waals surface area contributed by atoms with Gasteiger partial charge in [0.05, 0.1) is 5.69 Å². The van der Waals surface area contributed by atoms with Crippen LogP contribution in [0.2, 0.25) is 0 Å². The molecule has 8 nitrogen and oxygen atoms in total. The molecule has 0 radical (unpaired) electrons. The molecule has 0 spiro atoms. The van der Waals surface area contributed by atoms with Crippen molar-refractivity contribution >= 4 is 34.3 Å². The zero-order valence-corrected chi connectivity index (χ0v) is 18.8. The molecule has 1 saturated heterocycles. The van der Waals surface area contributed by atoms with Gasteiger partial charge in [-0.3, -0.25) is 0 Å². The number of anilines is 1. The van der Waals surface area contributed by atoms with Crippen LogP contribution in [-0.4, -0.2) is 35.7 Å². The number of nitrogens with one attached hydrogen (secondary N) is 2. The lowest BCUT2D eigenvalue weighted by Crippen LogP contribution is -2.30. The minimum absolute atomic E-state index is 0.348. The summed E-state index contributed by atoms with van der Waals surface area (Å²) in [6.45, 7) is 3.28. The molecule has 1 aliphatic rings. The Morgan fingerprint density at radius 3 is 2.75 bits per heavy atom. The number of hydrogen-bond acceptors (Lipinski definition) is 7. The predicted molar refractivity (Wildman–Crippen MR) is 124 cm³/mol. The van der Waals surface area contributed by atoms with E-state index in [9.17, 15) is 14.1 Å². The van der Waals surface area contributed by atoms with E-state index < -0.39 is 17.2 Å². The fraction of sp³-hybridized carbons (Fsp3) is 0.304. The lowest BCUT2D eigenvalue weighted by molar-refractivity contribution is 0.163. The summed E-state index contributed by atoms with van der Waals surface area (Å²) in [7, 11) is 1.59. The molecule has 1 atom stereocenters. The normalized spacial score (nSPS) is 14.5. The van der Waals surface area contributed by atoms with Crippen LogP contribution in [-0.2, 0) is 18.0 Å². The van der Waals surface area contributed by atoms with Gasteiger partial charge in [0.2, 0.25) is 0 Å². The minimum atomic E-state index is -1.39. The topological polar surface area (TPSA) is 107 Å². The number of likely N-dealkylation sites (tertiary alicyclic amines) is 1. The fourth-order valence-corrected chi connectivity index (χ4v) is 4.26. The van der Waals surface area contributed by atoms with Gasteiger partial charge in [-0.15, -0.1) is 4.72 Å². The third kappa shape index (κ3) is 4.90. The van der Waals surface area contributed by atoms with Crippen molar-refractivity contribution in [1.29, 1.82) is 0 Å². The van der Waals surface area contributed by atoms with Gasteiger partial charge >= 0.3 is 11.7 Å². The summed E-state index contributed by atoms with van der Waals surface area (Å²) in [6, 6.07) is 12.5. The van der Waals surface area contributed by atoms with E-state index >= 15 is 0 Å². The van der Waals surface area contributed by atoms with Crippen LogP contribution in [0.4, 0.5) is 10.5 Å². The van der Waals surface area contributed by atoms with Crippen LogP contribution < -0.4 is 19.8 Å². The summed E-state index contributed by atoms with van der Waals surface area (Å²) >= 11 is -1.39. The van der Waals surface area contributed by atoms with Gasteiger partial charge < -0.3 is 18.6 Å². The third-order valence-electron chi connectivity index (χ3n) is 5.53. The van der Waals surface area contributed by atoms with Crippen LogP contribution in [0, 0.1) is 6.92 Å². The highest BCUT2D eigenvalue weighted by molar-refractivity contribution is 7.90. The van der Waals surface area contributed by atoms with Crippen molar-refractivity contribution in [1.82, 2.24) is 9.62 Å². The SMILES string of the molecule is CN[S+]([O-])Nc1cccc(Cc2c(C)c3ccc(OC(=O)N4CCCC4)cc3oc2=O)c1. The number of carbonyl (C=O) groups excluding carboxylic acids is 1. The van der Waals surface area contributed by atoms with Crippen molar-refractivity contribution < 1.29 is 18.5 Å². The van der Waals surface area contributed by atoms with Crippen molar-refractivity contribution in [2.45, 2.75) is 26.2 Å². The van der Waals surface area contributed by atoms with Gasteiger partial charge in [-0.05, 0) is 55.2 Å². The average molecular weight is 456 g/mol. The largest absolute Gasteiger partial charge is 0.574 e. The second kappa shape index (κ2) is 9.64. The Morgan fingerprint density at radius 2 is 2.00 bits per heavy atom. The molecule has 0 bridgehead atoms. The lowest BCUT2D eigenvalue weighted by Gasteiger charge is -2.15. The van der Waals surface area contributed by atoms with Crippen LogP contribution in [0.15, 0.2) is 51.7 Å². The van der Waals surface area contributed by atoms with Crippen LogP contribution in [0.3, 0.4) is 0 Å². The fourth-order valence-electron chi connectivity index (χ4n) is 3.81. The van der Waals surface area contributed by atoms with Gasteiger partial charge in [-0.2, -0.15) is 4.72 Å². The number of fused-ring (bicyclic) bond motifs is 1. The second-order valence-electron chi connectivity index (χ2n) is 7.67. The van der Waals surface area contributed by atoms with Crippen molar-refractivity contribution in [3.63, 3.8) is 0 Å². The Balaban J connectivity index is 1.58. The molecular formula is C23H25N3O5S. The van der Waals surface area contributed by atoms with Gasteiger partial charge in [-0.25, -0.2) is 9.59 Å². The molecule has 168 valence electrons. The Morgan fingerprint density at radius 1 is 1.22 bits per heavy atom. The number of aryl methyl sites for hydroxylation is 1. The zero-order chi connectivity index (χ0) is 22.7. The van der Waals surface area contributed by atoms with E-state index in [-0.39, 0.29) is 6.09 Å². The molecule has 0 saturated carbocycles. The molecule has 32 heavy (non-hydrogen) atoms. The predicted octanol–water partition coefficient (Wildman–Crippen LogP) is 3.50. The maximum Gasteiger partial charge on any atom is 0.415 e. The first-order valence-electron chi connectivity index (χ1n) is 10.4. The van der Waals surface area contributed by atoms with Crippen molar-refractivity contribution in [2.75, 3.05) is 24.9 Å². The maximum absolute atomic E-state index is 12.8. The molecule has 1 aromatic heterocycles. The van der Waals surface area contributed by atoms with E-state index in [0.717, 1.165) is 29.4 Å². The highest BCUT2D eigenvalue weighted by Gasteiger charge is 2.20. The Hall–Kier alpha value is -3.01. The summed E-state index contributed by atoms with van der Waals surface area (Å²) < 4.78 is 28.1. The Labute approximate surface area is 189 Å². The molecule has 1 fully saturated rings. The summed E-state index contributed by atoms with van der Waals surface area (Å²) in [5.41, 5.74) is 2.87. The number of amides is 1. The summed E-state index contributed by atoms with van der Waals surface area (Å²) in [5, 5.41) is 0.783. The van der Waals surface area contributed by atoms with Gasteiger partial charge in [-0.1, -0.05) is 12.1 Å². The molecule has 1 unspecified atom stereocenters. The first kappa shape index (κ1) is 22.2. The molecule has 1 amide bonds. The van der Waals surface area contributed by atoms with E-state index in [2.05, 4.69) is 9.44 Å². The monoisotopic (exact) mass is 455 g/mol. The van der Waals surface area contributed by atoms with Crippen LogP contribution >= 0.6 is 0 Å². The number of carbonyl (C=O) groups is 1. The van der Waals surface area contributed by atoms with E-state index in [1.165, 1.54) is 0 Å². The quantitative estimate of drug-likeness (QED) is 0.433. The highest BCUT2D eigenvalue weighted by atomic mass is 32.2. The molecule has 1 aliphatic heterocycles. The van der Waals surface area contributed by atoms with E-state index in [4.69, 9.17) is 9.15 Å². The van der Waals surface area contributed by atoms with Crippen molar-refractivity contribution in [3.05, 3.63) is 69.6 Å². The van der Waals surface area contributed by atoms with Gasteiger partial charge in [0.1, 0.15) is 11.3 Å². The Bertz CT molecular complexity index is 1190. The first-order chi connectivity index (χ1) is 15.4. The van der Waals surface area contributed by atoms with E-state index in [0.29, 0.717) is 42.1 Å². The zero-order valence-electron chi connectivity index (χ0n) is 18.0. The molecule has 2 heterocycles. The van der Waals surface area contributed by atoms with Gasteiger partial charge in [0.15, 0.2) is 11.5 Å². The second-order valence-corrected chi connectivity index (χ2v) is 8.82. The van der Waals surface area contributed by atoms with Crippen LogP contribution in [0.25, 0.3) is 11.0 Å². The molecule has 9 heteroatoms. The minimum Gasteiger partial charge on any atom is -0.574 e. The number of rotatable bonds is 6. The maximum atomic E-state index is 12.8. The number of ether oxygens (including phenoxy) is 1. The molecule has 2 aromatic carbocycles. The molecular weight excluding hydrogens is 430 g/mol. The van der Waals surface area contributed by atoms with Crippen molar-refractivity contribution in [2.24, 2.45) is 0 Å². The lowest BCUT2D eigenvalue weighted by atomic mass is 9.99. The number of hydrogen-bond donors (Lipinski definition) is 2.